The topological polar surface area (TPSA) is 75.2 Å². The van der Waals surface area contributed by atoms with Gasteiger partial charge >= 0.3 is 0 Å². The zero-order valence-corrected chi connectivity index (χ0v) is 16.6. The molecule has 3 rings (SSSR count). The smallest absolute Gasteiger partial charge is 0.249 e. The minimum atomic E-state index is -0.719. The van der Waals surface area contributed by atoms with Crippen molar-refractivity contribution in [3.8, 4) is 10.6 Å². The first-order valence-electron chi connectivity index (χ1n) is 8.59. The number of benzene rings is 1. The van der Waals surface area contributed by atoms with E-state index in [9.17, 15) is 14.0 Å². The van der Waals surface area contributed by atoms with Crippen LogP contribution in [0.3, 0.4) is 0 Å². The second-order valence-electron chi connectivity index (χ2n) is 7.08. The number of nitrogens with one attached hydrogen (secondary N) is 1. The Bertz CT molecular complexity index is 840. The van der Waals surface area contributed by atoms with E-state index in [2.05, 4.69) is 15.5 Å². The summed E-state index contributed by atoms with van der Waals surface area (Å²) < 4.78 is 13.0. The Morgan fingerprint density at radius 1 is 1.33 bits per heavy atom. The van der Waals surface area contributed by atoms with Crippen LogP contribution in [-0.4, -0.2) is 45.4 Å². The Hall–Kier alpha value is -2.06. The molecule has 1 fully saturated rings. The molecule has 2 heterocycles. The normalized spacial score (nSPS) is 17.2. The van der Waals surface area contributed by atoms with Gasteiger partial charge < -0.3 is 4.90 Å². The number of alkyl halides is 1. The van der Waals surface area contributed by atoms with Crippen LogP contribution in [0.5, 0.6) is 0 Å². The fourth-order valence-electron chi connectivity index (χ4n) is 2.90. The third-order valence-corrected chi connectivity index (χ3v) is 6.03. The van der Waals surface area contributed by atoms with Gasteiger partial charge in [-0.1, -0.05) is 11.3 Å². The van der Waals surface area contributed by atoms with E-state index in [1.807, 2.05) is 0 Å². The molecule has 144 valence electrons. The third-order valence-electron chi connectivity index (χ3n) is 4.48. The SMILES string of the molecule is CC(C)(CCl)C(=O)N1CCCC1C(=O)Nc1nnc(-c2ccc(F)cc2)s1. The minimum Gasteiger partial charge on any atom is -0.330 e. The molecule has 1 saturated heterocycles. The van der Waals surface area contributed by atoms with E-state index in [1.165, 1.54) is 23.5 Å². The van der Waals surface area contributed by atoms with Crippen molar-refractivity contribution in [3.63, 3.8) is 0 Å². The molecule has 6 nitrogen and oxygen atoms in total. The molecule has 1 aromatic heterocycles. The molecule has 1 aliphatic heterocycles. The van der Waals surface area contributed by atoms with Gasteiger partial charge in [-0.2, -0.15) is 0 Å². The molecule has 0 saturated carbocycles. The monoisotopic (exact) mass is 410 g/mol. The van der Waals surface area contributed by atoms with Crippen LogP contribution in [0.4, 0.5) is 9.52 Å². The first-order valence-corrected chi connectivity index (χ1v) is 9.94. The highest BCUT2D eigenvalue weighted by molar-refractivity contribution is 7.18. The molecule has 2 aromatic rings. The summed E-state index contributed by atoms with van der Waals surface area (Å²) >= 11 is 7.10. The lowest BCUT2D eigenvalue weighted by Gasteiger charge is -2.31. The van der Waals surface area contributed by atoms with Crippen LogP contribution in [0, 0.1) is 11.2 Å². The second kappa shape index (κ2) is 7.90. The highest BCUT2D eigenvalue weighted by Gasteiger charge is 2.40. The Morgan fingerprint density at radius 2 is 2.04 bits per heavy atom. The van der Waals surface area contributed by atoms with Crippen LogP contribution in [-0.2, 0) is 9.59 Å². The molecule has 1 aliphatic rings. The number of halogens is 2. The highest BCUT2D eigenvalue weighted by Crippen LogP contribution is 2.29. The number of carbonyl (C=O) groups is 2. The fraction of sp³-hybridized carbons (Fsp3) is 0.444. The van der Waals surface area contributed by atoms with Gasteiger partial charge in [-0.05, 0) is 51.0 Å². The molecule has 1 aromatic carbocycles. The predicted octanol–water partition coefficient (Wildman–Crippen LogP) is 3.54. The van der Waals surface area contributed by atoms with Crippen LogP contribution >= 0.6 is 22.9 Å². The first-order chi connectivity index (χ1) is 12.8. The van der Waals surface area contributed by atoms with Crippen molar-refractivity contribution in [3.05, 3.63) is 30.1 Å². The maximum absolute atomic E-state index is 13.0. The maximum atomic E-state index is 13.0. The van der Waals surface area contributed by atoms with E-state index in [-0.39, 0.29) is 23.5 Å². The van der Waals surface area contributed by atoms with Crippen molar-refractivity contribution in [2.75, 3.05) is 17.7 Å². The van der Waals surface area contributed by atoms with Crippen molar-refractivity contribution in [2.24, 2.45) is 5.41 Å². The third kappa shape index (κ3) is 4.27. The summed E-state index contributed by atoms with van der Waals surface area (Å²) in [6.07, 6.45) is 1.36. The van der Waals surface area contributed by atoms with Crippen molar-refractivity contribution in [2.45, 2.75) is 32.7 Å². The molecule has 0 radical (unpaired) electrons. The molecule has 0 aliphatic carbocycles. The number of anilines is 1. The van der Waals surface area contributed by atoms with E-state index < -0.39 is 11.5 Å². The summed E-state index contributed by atoms with van der Waals surface area (Å²) in [4.78, 5) is 27.0. The number of likely N-dealkylation sites (tertiary alicyclic amines) is 1. The average molecular weight is 411 g/mol. The van der Waals surface area contributed by atoms with E-state index in [0.717, 1.165) is 12.0 Å². The Labute approximate surface area is 165 Å². The molecule has 27 heavy (non-hydrogen) atoms. The Morgan fingerprint density at radius 3 is 2.70 bits per heavy atom. The van der Waals surface area contributed by atoms with Crippen molar-refractivity contribution in [1.29, 1.82) is 0 Å². The standard InChI is InChI=1S/C18H20ClFN4O2S/c1-18(2,10-19)16(26)24-9-3-4-13(24)14(25)21-17-23-22-15(27-17)11-5-7-12(20)8-6-11/h5-8,13H,3-4,9-10H2,1-2H3,(H,21,23,25). The Balaban J connectivity index is 1.70. The summed E-state index contributed by atoms with van der Waals surface area (Å²) in [6.45, 7) is 4.08. The maximum Gasteiger partial charge on any atom is 0.249 e. The zero-order valence-electron chi connectivity index (χ0n) is 15.0. The molecule has 9 heteroatoms. The van der Waals surface area contributed by atoms with Crippen LogP contribution in [0.25, 0.3) is 10.6 Å². The average Bonchev–Trinajstić information content (AvgIpc) is 3.31. The lowest BCUT2D eigenvalue weighted by molar-refractivity contribution is -0.143. The molecule has 0 spiro atoms. The van der Waals surface area contributed by atoms with E-state index >= 15 is 0 Å². The van der Waals surface area contributed by atoms with Crippen LogP contribution in [0.2, 0.25) is 0 Å². The number of nitrogens with zero attached hydrogens (tertiary/aromatic N) is 3. The van der Waals surface area contributed by atoms with Crippen LogP contribution < -0.4 is 5.32 Å². The van der Waals surface area contributed by atoms with E-state index in [1.54, 1.807) is 30.9 Å². The number of carbonyl (C=O) groups excluding carboxylic acids is 2. The molecule has 1 unspecified atom stereocenters. The lowest BCUT2D eigenvalue weighted by atomic mass is 9.94. The van der Waals surface area contributed by atoms with Gasteiger partial charge in [0, 0.05) is 18.0 Å². The van der Waals surface area contributed by atoms with Crippen LogP contribution in [0.1, 0.15) is 26.7 Å². The van der Waals surface area contributed by atoms with Gasteiger partial charge in [0.15, 0.2) is 0 Å². The van der Waals surface area contributed by atoms with Gasteiger partial charge in [-0.15, -0.1) is 21.8 Å². The molecular formula is C18H20ClFN4O2S. The van der Waals surface area contributed by atoms with Crippen molar-refractivity contribution >= 4 is 39.9 Å². The number of aromatic nitrogens is 2. The van der Waals surface area contributed by atoms with Gasteiger partial charge in [-0.25, -0.2) is 4.39 Å². The number of hydrogen-bond acceptors (Lipinski definition) is 5. The van der Waals surface area contributed by atoms with Gasteiger partial charge in [0.05, 0.1) is 5.41 Å². The molecule has 1 atom stereocenters. The van der Waals surface area contributed by atoms with Gasteiger partial charge in [0.1, 0.15) is 16.9 Å². The zero-order chi connectivity index (χ0) is 19.6. The minimum absolute atomic E-state index is 0.126. The molecular weight excluding hydrogens is 391 g/mol. The van der Waals surface area contributed by atoms with E-state index in [0.29, 0.717) is 23.1 Å². The second-order valence-corrected chi connectivity index (χ2v) is 8.33. The first kappa shape index (κ1) is 19.7. The molecule has 1 N–H and O–H groups in total. The number of hydrogen-bond donors (Lipinski definition) is 1. The largest absolute Gasteiger partial charge is 0.330 e. The highest BCUT2D eigenvalue weighted by atomic mass is 35.5. The fourth-order valence-corrected chi connectivity index (χ4v) is 3.77. The number of rotatable bonds is 5. The van der Waals surface area contributed by atoms with Crippen molar-refractivity contribution < 1.29 is 14.0 Å². The van der Waals surface area contributed by atoms with Gasteiger partial charge in [-0.3, -0.25) is 14.9 Å². The van der Waals surface area contributed by atoms with Crippen LogP contribution in [0.15, 0.2) is 24.3 Å². The molecule has 0 bridgehead atoms. The summed E-state index contributed by atoms with van der Waals surface area (Å²) in [5.41, 5.74) is -0.000874. The Kier molecular flexibility index (Phi) is 5.76. The number of amides is 2. The van der Waals surface area contributed by atoms with Gasteiger partial charge in [0.25, 0.3) is 0 Å². The quantitative estimate of drug-likeness (QED) is 0.765. The van der Waals surface area contributed by atoms with E-state index in [4.69, 9.17) is 11.6 Å². The van der Waals surface area contributed by atoms with Crippen molar-refractivity contribution in [1.82, 2.24) is 15.1 Å². The summed E-state index contributed by atoms with van der Waals surface area (Å²) in [5.74, 6) is -0.552. The van der Waals surface area contributed by atoms with Gasteiger partial charge in [0.2, 0.25) is 16.9 Å². The summed E-state index contributed by atoms with van der Waals surface area (Å²) in [7, 11) is 0. The molecule has 2 amide bonds. The lowest BCUT2D eigenvalue weighted by Crippen LogP contribution is -2.48. The predicted molar refractivity (Wildman–Crippen MR) is 103 cm³/mol. The summed E-state index contributed by atoms with van der Waals surface area (Å²) in [6, 6.07) is 5.35. The summed E-state index contributed by atoms with van der Waals surface area (Å²) in [5, 5.41) is 11.7.